The normalized spacial score (nSPS) is 10.9. The summed E-state index contributed by atoms with van der Waals surface area (Å²) in [5, 5.41) is 6.73. The molecule has 6 heteroatoms. The molecule has 0 saturated carbocycles. The number of halogens is 1. The van der Waals surface area contributed by atoms with Crippen LogP contribution in [0, 0.1) is 0 Å². The standard InChI is InChI=1S/C19H29N5.HI/c1-4-24(18-9-6-5-7-10-18)13-8-12-21-19(20-2)22-15-17-11-14-23(3)16-17;/h5-7,9-11,14,16H,4,8,12-13,15H2,1-3H3,(H2,20,21,22);1H. The fraction of sp³-hybridized carbons (Fsp3) is 0.421. The summed E-state index contributed by atoms with van der Waals surface area (Å²) < 4.78 is 2.05. The Balaban J connectivity index is 0.00000312. The Morgan fingerprint density at radius 1 is 1.16 bits per heavy atom. The van der Waals surface area contributed by atoms with Crippen LogP contribution >= 0.6 is 24.0 Å². The van der Waals surface area contributed by atoms with Crippen LogP contribution in [-0.2, 0) is 13.6 Å². The van der Waals surface area contributed by atoms with Crippen LogP contribution in [0.4, 0.5) is 5.69 Å². The van der Waals surface area contributed by atoms with Gasteiger partial charge in [-0.3, -0.25) is 4.99 Å². The molecule has 0 atom stereocenters. The van der Waals surface area contributed by atoms with Crippen LogP contribution in [0.3, 0.4) is 0 Å². The van der Waals surface area contributed by atoms with Crippen molar-refractivity contribution in [1.29, 1.82) is 0 Å². The number of nitrogens with zero attached hydrogens (tertiary/aromatic N) is 3. The van der Waals surface area contributed by atoms with Crippen LogP contribution in [0.5, 0.6) is 0 Å². The van der Waals surface area contributed by atoms with Crippen molar-refractivity contribution in [2.24, 2.45) is 12.0 Å². The largest absolute Gasteiger partial charge is 0.372 e. The quantitative estimate of drug-likeness (QED) is 0.278. The first-order chi connectivity index (χ1) is 11.7. The van der Waals surface area contributed by atoms with Gasteiger partial charge in [0.05, 0.1) is 0 Å². The van der Waals surface area contributed by atoms with Crippen molar-refractivity contribution >= 4 is 35.6 Å². The van der Waals surface area contributed by atoms with Crippen LogP contribution in [-0.4, -0.2) is 37.2 Å². The van der Waals surface area contributed by atoms with Crippen molar-refractivity contribution in [1.82, 2.24) is 15.2 Å². The Hall–Kier alpha value is -1.70. The van der Waals surface area contributed by atoms with Crippen LogP contribution in [0.2, 0.25) is 0 Å². The van der Waals surface area contributed by atoms with Crippen molar-refractivity contribution in [3.05, 3.63) is 54.4 Å². The van der Waals surface area contributed by atoms with Crippen molar-refractivity contribution in [3.63, 3.8) is 0 Å². The highest BCUT2D eigenvalue weighted by molar-refractivity contribution is 14.0. The minimum atomic E-state index is 0. The zero-order chi connectivity index (χ0) is 17.2. The van der Waals surface area contributed by atoms with E-state index in [9.17, 15) is 0 Å². The molecule has 2 aromatic rings. The van der Waals surface area contributed by atoms with E-state index in [-0.39, 0.29) is 24.0 Å². The Kier molecular flexibility index (Phi) is 10.1. The molecule has 0 bridgehead atoms. The molecule has 1 aromatic heterocycles. The predicted molar refractivity (Wildman–Crippen MR) is 118 cm³/mol. The maximum Gasteiger partial charge on any atom is 0.191 e. The molecule has 0 unspecified atom stereocenters. The van der Waals surface area contributed by atoms with Gasteiger partial charge in [0.15, 0.2) is 5.96 Å². The summed E-state index contributed by atoms with van der Waals surface area (Å²) in [5.74, 6) is 0.849. The van der Waals surface area contributed by atoms with Crippen molar-refractivity contribution in [3.8, 4) is 0 Å². The van der Waals surface area contributed by atoms with E-state index in [2.05, 4.69) is 80.8 Å². The summed E-state index contributed by atoms with van der Waals surface area (Å²) in [6, 6.07) is 12.7. The molecule has 0 saturated heterocycles. The number of aromatic nitrogens is 1. The third kappa shape index (κ3) is 7.37. The number of para-hydroxylation sites is 1. The summed E-state index contributed by atoms with van der Waals surface area (Å²) >= 11 is 0. The Bertz CT molecular complexity index is 624. The third-order valence-corrected chi connectivity index (χ3v) is 3.98. The number of guanidine groups is 1. The van der Waals surface area contributed by atoms with E-state index in [0.717, 1.165) is 38.6 Å². The molecule has 2 rings (SSSR count). The highest BCUT2D eigenvalue weighted by Gasteiger charge is 2.04. The maximum atomic E-state index is 4.28. The lowest BCUT2D eigenvalue weighted by Gasteiger charge is -2.23. The molecule has 0 amide bonds. The number of hydrogen-bond donors (Lipinski definition) is 2. The van der Waals surface area contributed by atoms with Crippen LogP contribution in [0.15, 0.2) is 53.8 Å². The second-order valence-electron chi connectivity index (χ2n) is 5.81. The van der Waals surface area contributed by atoms with Crippen molar-refractivity contribution in [2.75, 3.05) is 31.6 Å². The lowest BCUT2D eigenvalue weighted by atomic mass is 10.2. The lowest BCUT2D eigenvalue weighted by Crippen LogP contribution is -2.38. The van der Waals surface area contributed by atoms with Gasteiger partial charge < -0.3 is 20.1 Å². The number of anilines is 1. The van der Waals surface area contributed by atoms with Gasteiger partial charge in [-0.05, 0) is 37.1 Å². The van der Waals surface area contributed by atoms with E-state index in [1.165, 1.54) is 11.3 Å². The van der Waals surface area contributed by atoms with Crippen molar-refractivity contribution in [2.45, 2.75) is 19.9 Å². The molecule has 0 spiro atoms. The van der Waals surface area contributed by atoms with Gasteiger partial charge in [-0.15, -0.1) is 24.0 Å². The fourth-order valence-electron chi connectivity index (χ4n) is 2.66. The Labute approximate surface area is 168 Å². The smallest absolute Gasteiger partial charge is 0.191 e. The Morgan fingerprint density at radius 2 is 1.92 bits per heavy atom. The number of rotatable bonds is 8. The minimum absolute atomic E-state index is 0. The molecule has 0 aliphatic carbocycles. The highest BCUT2D eigenvalue weighted by atomic mass is 127. The molecule has 138 valence electrons. The first-order valence-electron chi connectivity index (χ1n) is 8.58. The van der Waals surface area contributed by atoms with E-state index in [1.807, 2.05) is 14.1 Å². The maximum absolute atomic E-state index is 4.28. The molecule has 0 fully saturated rings. The van der Waals surface area contributed by atoms with Gasteiger partial charge in [0.2, 0.25) is 0 Å². The third-order valence-electron chi connectivity index (χ3n) is 3.98. The zero-order valence-electron chi connectivity index (χ0n) is 15.4. The van der Waals surface area contributed by atoms with Gasteiger partial charge in [0.25, 0.3) is 0 Å². The van der Waals surface area contributed by atoms with Gasteiger partial charge in [-0.1, -0.05) is 18.2 Å². The van der Waals surface area contributed by atoms with Gasteiger partial charge >= 0.3 is 0 Å². The van der Waals surface area contributed by atoms with Gasteiger partial charge in [0, 0.05) is 58.4 Å². The first kappa shape index (κ1) is 21.3. The lowest BCUT2D eigenvalue weighted by molar-refractivity contribution is 0.708. The van der Waals surface area contributed by atoms with E-state index in [1.54, 1.807) is 0 Å². The molecular formula is C19H30IN5. The molecule has 0 radical (unpaired) electrons. The zero-order valence-corrected chi connectivity index (χ0v) is 17.7. The first-order valence-corrected chi connectivity index (χ1v) is 8.58. The van der Waals surface area contributed by atoms with E-state index < -0.39 is 0 Å². The number of nitrogens with one attached hydrogen (secondary N) is 2. The Morgan fingerprint density at radius 3 is 2.52 bits per heavy atom. The van der Waals surface area contributed by atoms with E-state index in [0.29, 0.717) is 0 Å². The monoisotopic (exact) mass is 455 g/mol. The molecular weight excluding hydrogens is 425 g/mol. The van der Waals surface area contributed by atoms with E-state index in [4.69, 9.17) is 0 Å². The topological polar surface area (TPSA) is 44.6 Å². The average molecular weight is 455 g/mol. The van der Waals surface area contributed by atoms with Crippen LogP contribution < -0.4 is 15.5 Å². The molecule has 1 heterocycles. The summed E-state index contributed by atoms with van der Waals surface area (Å²) in [6.07, 6.45) is 5.23. The number of benzene rings is 1. The fourth-order valence-corrected chi connectivity index (χ4v) is 2.66. The number of aryl methyl sites for hydroxylation is 1. The molecule has 2 N–H and O–H groups in total. The van der Waals surface area contributed by atoms with Crippen LogP contribution in [0.25, 0.3) is 0 Å². The molecule has 25 heavy (non-hydrogen) atoms. The van der Waals surface area contributed by atoms with Gasteiger partial charge in [-0.25, -0.2) is 0 Å². The summed E-state index contributed by atoms with van der Waals surface area (Å²) in [7, 11) is 3.84. The number of aliphatic imine (C=N–C) groups is 1. The second kappa shape index (κ2) is 11.8. The van der Waals surface area contributed by atoms with Crippen LogP contribution in [0.1, 0.15) is 18.9 Å². The molecule has 5 nitrogen and oxygen atoms in total. The summed E-state index contributed by atoms with van der Waals surface area (Å²) in [6.45, 7) is 5.93. The molecule has 0 aliphatic rings. The predicted octanol–water partition coefficient (Wildman–Crippen LogP) is 3.22. The minimum Gasteiger partial charge on any atom is -0.372 e. The average Bonchev–Trinajstić information content (AvgIpc) is 3.03. The highest BCUT2D eigenvalue weighted by Crippen LogP contribution is 2.12. The summed E-state index contributed by atoms with van der Waals surface area (Å²) in [5.41, 5.74) is 2.54. The second-order valence-corrected chi connectivity index (χ2v) is 5.81. The van der Waals surface area contributed by atoms with Crippen molar-refractivity contribution < 1.29 is 0 Å². The molecule has 1 aromatic carbocycles. The van der Waals surface area contributed by atoms with Gasteiger partial charge in [0.1, 0.15) is 0 Å². The SMILES string of the molecule is CCN(CCCNC(=NC)NCc1ccn(C)c1)c1ccccc1.I. The van der Waals surface area contributed by atoms with E-state index >= 15 is 0 Å². The molecule has 0 aliphatic heterocycles. The summed E-state index contributed by atoms with van der Waals surface area (Å²) in [4.78, 5) is 6.67. The number of hydrogen-bond acceptors (Lipinski definition) is 2. The van der Waals surface area contributed by atoms with Gasteiger partial charge in [-0.2, -0.15) is 0 Å².